The van der Waals surface area contributed by atoms with Crippen LogP contribution in [0.4, 0.5) is 4.39 Å². The van der Waals surface area contributed by atoms with Gasteiger partial charge in [-0.1, -0.05) is 11.6 Å². The molecule has 0 bridgehead atoms. The van der Waals surface area contributed by atoms with Gasteiger partial charge in [0.25, 0.3) is 0 Å². The highest BCUT2D eigenvalue weighted by atomic mass is 35.5. The Bertz CT molecular complexity index is 536. The second-order valence-electron chi connectivity index (χ2n) is 4.31. The van der Waals surface area contributed by atoms with Crippen LogP contribution in [0.3, 0.4) is 0 Å². The van der Waals surface area contributed by atoms with Gasteiger partial charge in [0.05, 0.1) is 6.54 Å². The van der Waals surface area contributed by atoms with Crippen LogP contribution >= 0.6 is 11.6 Å². The average Bonchev–Trinajstić information content (AvgIpc) is 2.81. The highest BCUT2D eigenvalue weighted by Crippen LogP contribution is 2.19. The summed E-state index contributed by atoms with van der Waals surface area (Å²) in [5, 5.41) is 3.74. The summed E-state index contributed by atoms with van der Waals surface area (Å²) in [5.41, 5.74) is 1.72. The van der Waals surface area contributed by atoms with Crippen molar-refractivity contribution in [3.05, 3.63) is 58.6 Å². The number of hydrogen-bond acceptors (Lipinski definition) is 1. The quantitative estimate of drug-likeness (QED) is 0.895. The van der Waals surface area contributed by atoms with Gasteiger partial charge in [0.1, 0.15) is 5.82 Å². The van der Waals surface area contributed by atoms with E-state index in [4.69, 9.17) is 11.6 Å². The zero-order valence-corrected chi connectivity index (χ0v) is 11.2. The van der Waals surface area contributed by atoms with E-state index in [1.165, 1.54) is 6.07 Å². The van der Waals surface area contributed by atoms with Gasteiger partial charge < -0.3 is 9.88 Å². The van der Waals surface area contributed by atoms with Crippen LogP contribution in [-0.2, 0) is 6.54 Å². The standard InChI is InChI=1S/C14H16ClFN2/c1-10(17-2)14-4-3-7-18(14)9-11-8-12(15)5-6-13(11)16/h3-8,10,17H,9H2,1-2H3. The molecule has 1 atom stereocenters. The largest absolute Gasteiger partial charge is 0.345 e. The average molecular weight is 267 g/mol. The van der Waals surface area contributed by atoms with E-state index in [1.54, 1.807) is 12.1 Å². The van der Waals surface area contributed by atoms with Crippen molar-refractivity contribution in [3.8, 4) is 0 Å². The van der Waals surface area contributed by atoms with Gasteiger partial charge in [0.2, 0.25) is 0 Å². The SMILES string of the molecule is CNC(C)c1cccn1Cc1cc(Cl)ccc1F. The van der Waals surface area contributed by atoms with Gasteiger partial charge in [-0.15, -0.1) is 0 Å². The third-order valence-electron chi connectivity index (χ3n) is 3.09. The van der Waals surface area contributed by atoms with Crippen molar-refractivity contribution >= 4 is 11.6 Å². The topological polar surface area (TPSA) is 17.0 Å². The van der Waals surface area contributed by atoms with E-state index in [1.807, 2.05) is 29.9 Å². The fraction of sp³-hybridized carbons (Fsp3) is 0.286. The van der Waals surface area contributed by atoms with Gasteiger partial charge in [-0.3, -0.25) is 0 Å². The van der Waals surface area contributed by atoms with Crippen molar-refractivity contribution in [2.45, 2.75) is 19.5 Å². The van der Waals surface area contributed by atoms with E-state index in [-0.39, 0.29) is 11.9 Å². The maximum absolute atomic E-state index is 13.7. The Labute approximate surface area is 111 Å². The monoisotopic (exact) mass is 266 g/mol. The van der Waals surface area contributed by atoms with Gasteiger partial charge in [-0.25, -0.2) is 4.39 Å². The number of aromatic nitrogens is 1. The summed E-state index contributed by atoms with van der Waals surface area (Å²) in [6.07, 6.45) is 1.95. The van der Waals surface area contributed by atoms with Crippen LogP contribution < -0.4 is 5.32 Å². The van der Waals surface area contributed by atoms with Gasteiger partial charge in [0.15, 0.2) is 0 Å². The summed E-state index contributed by atoms with van der Waals surface area (Å²) in [4.78, 5) is 0. The van der Waals surface area contributed by atoms with E-state index < -0.39 is 0 Å². The zero-order chi connectivity index (χ0) is 13.1. The molecule has 1 N–H and O–H groups in total. The van der Waals surface area contributed by atoms with Crippen LogP contribution in [-0.4, -0.2) is 11.6 Å². The Morgan fingerprint density at radius 3 is 2.89 bits per heavy atom. The molecular weight excluding hydrogens is 251 g/mol. The number of nitrogens with zero attached hydrogens (tertiary/aromatic N) is 1. The minimum Gasteiger partial charge on any atom is -0.345 e. The Kier molecular flexibility index (Phi) is 4.04. The maximum atomic E-state index is 13.7. The fourth-order valence-corrected chi connectivity index (χ4v) is 2.15. The van der Waals surface area contributed by atoms with E-state index in [0.29, 0.717) is 17.1 Å². The maximum Gasteiger partial charge on any atom is 0.128 e. The van der Waals surface area contributed by atoms with Crippen LogP contribution in [0.2, 0.25) is 5.02 Å². The molecule has 2 rings (SSSR count). The van der Waals surface area contributed by atoms with Crippen LogP contribution in [0.5, 0.6) is 0 Å². The highest BCUT2D eigenvalue weighted by Gasteiger charge is 2.10. The number of benzene rings is 1. The lowest BCUT2D eigenvalue weighted by Gasteiger charge is -2.15. The Hall–Kier alpha value is -1.32. The molecule has 1 aromatic heterocycles. The van der Waals surface area contributed by atoms with Crippen LogP contribution in [0.15, 0.2) is 36.5 Å². The highest BCUT2D eigenvalue weighted by molar-refractivity contribution is 6.30. The second kappa shape index (κ2) is 5.55. The lowest BCUT2D eigenvalue weighted by atomic mass is 10.2. The molecule has 0 fully saturated rings. The number of nitrogens with one attached hydrogen (secondary N) is 1. The lowest BCUT2D eigenvalue weighted by Crippen LogP contribution is -2.17. The van der Waals surface area contributed by atoms with Gasteiger partial charge >= 0.3 is 0 Å². The summed E-state index contributed by atoms with van der Waals surface area (Å²) in [6, 6.07) is 8.86. The molecule has 0 radical (unpaired) electrons. The molecule has 1 heterocycles. The molecule has 0 saturated carbocycles. The number of hydrogen-bond donors (Lipinski definition) is 1. The molecule has 1 aromatic carbocycles. The molecule has 2 nitrogen and oxygen atoms in total. The van der Waals surface area contributed by atoms with Crippen molar-refractivity contribution in [2.75, 3.05) is 7.05 Å². The molecule has 0 aliphatic heterocycles. The third kappa shape index (κ3) is 2.74. The van der Waals surface area contributed by atoms with Crippen LogP contribution in [0.25, 0.3) is 0 Å². The smallest absolute Gasteiger partial charge is 0.128 e. The molecule has 0 saturated heterocycles. The Morgan fingerprint density at radius 2 is 2.17 bits per heavy atom. The van der Waals surface area contributed by atoms with Crippen molar-refractivity contribution < 1.29 is 4.39 Å². The summed E-state index contributed by atoms with van der Waals surface area (Å²) in [5.74, 6) is -0.226. The summed E-state index contributed by atoms with van der Waals surface area (Å²) >= 11 is 5.90. The molecule has 0 aliphatic carbocycles. The minimum atomic E-state index is -0.226. The molecule has 18 heavy (non-hydrogen) atoms. The van der Waals surface area contributed by atoms with Crippen LogP contribution in [0, 0.1) is 5.82 Å². The van der Waals surface area contributed by atoms with Crippen molar-refractivity contribution in [2.24, 2.45) is 0 Å². The Morgan fingerprint density at radius 1 is 1.39 bits per heavy atom. The molecule has 0 spiro atoms. The molecule has 96 valence electrons. The molecule has 4 heteroatoms. The number of halogens is 2. The lowest BCUT2D eigenvalue weighted by molar-refractivity contribution is 0.567. The van der Waals surface area contributed by atoms with Crippen LogP contribution in [0.1, 0.15) is 24.2 Å². The normalized spacial score (nSPS) is 12.7. The van der Waals surface area contributed by atoms with E-state index in [9.17, 15) is 4.39 Å². The first-order valence-electron chi connectivity index (χ1n) is 5.88. The first kappa shape index (κ1) is 13.1. The number of rotatable bonds is 4. The molecule has 0 aliphatic rings. The third-order valence-corrected chi connectivity index (χ3v) is 3.32. The summed E-state index contributed by atoms with van der Waals surface area (Å²) in [7, 11) is 1.90. The van der Waals surface area contributed by atoms with Crippen molar-refractivity contribution in [1.29, 1.82) is 0 Å². The molecular formula is C14H16ClFN2. The molecule has 2 aromatic rings. The van der Waals surface area contributed by atoms with Gasteiger partial charge in [-0.2, -0.15) is 0 Å². The molecule has 1 unspecified atom stereocenters. The van der Waals surface area contributed by atoms with E-state index in [2.05, 4.69) is 12.2 Å². The fourth-order valence-electron chi connectivity index (χ4n) is 1.96. The second-order valence-corrected chi connectivity index (χ2v) is 4.74. The van der Waals surface area contributed by atoms with E-state index in [0.717, 1.165) is 5.69 Å². The summed E-state index contributed by atoms with van der Waals surface area (Å²) < 4.78 is 15.7. The molecule has 0 amide bonds. The van der Waals surface area contributed by atoms with Crippen molar-refractivity contribution in [1.82, 2.24) is 9.88 Å². The summed E-state index contributed by atoms with van der Waals surface area (Å²) in [6.45, 7) is 2.56. The Balaban J connectivity index is 2.29. The minimum absolute atomic E-state index is 0.224. The first-order chi connectivity index (χ1) is 8.61. The van der Waals surface area contributed by atoms with Gasteiger partial charge in [-0.05, 0) is 44.3 Å². The predicted molar refractivity (Wildman–Crippen MR) is 72.4 cm³/mol. The predicted octanol–water partition coefficient (Wildman–Crippen LogP) is 3.61. The van der Waals surface area contributed by atoms with Crippen molar-refractivity contribution in [3.63, 3.8) is 0 Å². The zero-order valence-electron chi connectivity index (χ0n) is 10.5. The van der Waals surface area contributed by atoms with Gasteiger partial charge in [0, 0.05) is 28.5 Å². The van der Waals surface area contributed by atoms with E-state index >= 15 is 0 Å². The first-order valence-corrected chi connectivity index (χ1v) is 6.26.